The Morgan fingerprint density at radius 2 is 1.77 bits per heavy atom. The van der Waals surface area contributed by atoms with Crippen molar-refractivity contribution in [1.29, 1.82) is 0 Å². The maximum atomic E-state index is 13.2. The third-order valence-electron chi connectivity index (χ3n) is 4.65. The molecular weight excluding hydrogens is 470 g/mol. The fourth-order valence-corrected chi connectivity index (χ4v) is 4.08. The molecule has 1 atom stereocenters. The molecule has 0 bridgehead atoms. The summed E-state index contributed by atoms with van der Waals surface area (Å²) in [6, 6.07) is 13.5. The largest absolute Gasteiger partial charge is 0.357 e. The molecule has 0 aliphatic carbocycles. The number of hydrogen-bond acceptors (Lipinski definition) is 4. The number of likely N-dealkylation sites (N-methyl/N-ethyl adjacent to an activating group) is 1. The van der Waals surface area contributed by atoms with Crippen LogP contribution in [0.3, 0.4) is 0 Å². The SMILES string of the molecule is CNC(=O)[C@@H](C)N(Cc1ccc(Br)cc1)C(=O)CN(c1cccc(C)c1)S(C)(=O)=O. The van der Waals surface area contributed by atoms with Crippen molar-refractivity contribution in [3.05, 3.63) is 64.1 Å². The number of carbonyl (C=O) groups excluding carboxylic acids is 2. The molecule has 0 saturated heterocycles. The molecule has 2 amide bonds. The number of nitrogens with one attached hydrogen (secondary N) is 1. The van der Waals surface area contributed by atoms with Crippen molar-refractivity contribution in [3.8, 4) is 0 Å². The van der Waals surface area contributed by atoms with E-state index in [1.54, 1.807) is 25.1 Å². The quantitative estimate of drug-likeness (QED) is 0.609. The van der Waals surface area contributed by atoms with E-state index in [4.69, 9.17) is 0 Å². The van der Waals surface area contributed by atoms with Crippen molar-refractivity contribution in [2.45, 2.75) is 26.4 Å². The predicted molar refractivity (Wildman–Crippen MR) is 122 cm³/mol. The van der Waals surface area contributed by atoms with Crippen molar-refractivity contribution in [1.82, 2.24) is 10.2 Å². The van der Waals surface area contributed by atoms with E-state index in [-0.39, 0.29) is 12.5 Å². The minimum Gasteiger partial charge on any atom is -0.357 e. The average molecular weight is 496 g/mol. The second-order valence-corrected chi connectivity index (χ2v) is 9.87. The van der Waals surface area contributed by atoms with Gasteiger partial charge in [-0.25, -0.2) is 8.42 Å². The first-order chi connectivity index (χ1) is 14.0. The van der Waals surface area contributed by atoms with Crippen molar-refractivity contribution >= 4 is 43.5 Å². The van der Waals surface area contributed by atoms with Gasteiger partial charge in [-0.2, -0.15) is 0 Å². The number of halogens is 1. The highest BCUT2D eigenvalue weighted by molar-refractivity contribution is 9.10. The molecule has 0 aliphatic rings. The Morgan fingerprint density at radius 3 is 2.30 bits per heavy atom. The predicted octanol–water partition coefficient (Wildman–Crippen LogP) is 2.69. The van der Waals surface area contributed by atoms with Crippen LogP contribution in [-0.4, -0.2) is 51.0 Å². The lowest BCUT2D eigenvalue weighted by Crippen LogP contribution is -2.50. The van der Waals surface area contributed by atoms with Gasteiger partial charge in [-0.15, -0.1) is 0 Å². The first-order valence-corrected chi connectivity index (χ1v) is 12.0. The summed E-state index contributed by atoms with van der Waals surface area (Å²) in [6.07, 6.45) is 1.06. The molecule has 0 aromatic heterocycles. The highest BCUT2D eigenvalue weighted by Gasteiger charge is 2.29. The number of carbonyl (C=O) groups is 2. The summed E-state index contributed by atoms with van der Waals surface area (Å²) in [5.41, 5.74) is 2.10. The summed E-state index contributed by atoms with van der Waals surface area (Å²) in [6.45, 7) is 3.23. The van der Waals surface area contributed by atoms with Crippen molar-refractivity contribution in [2.75, 3.05) is 24.2 Å². The zero-order chi connectivity index (χ0) is 22.5. The Bertz CT molecular complexity index is 1010. The van der Waals surface area contributed by atoms with Crippen molar-refractivity contribution in [2.24, 2.45) is 0 Å². The van der Waals surface area contributed by atoms with Crippen LogP contribution in [0.5, 0.6) is 0 Å². The van der Waals surface area contributed by atoms with E-state index >= 15 is 0 Å². The van der Waals surface area contributed by atoms with Crippen LogP contribution in [0.15, 0.2) is 53.0 Å². The molecule has 7 nitrogen and oxygen atoms in total. The third kappa shape index (κ3) is 6.30. The Labute approximate surface area is 186 Å². The monoisotopic (exact) mass is 495 g/mol. The molecular formula is C21H26BrN3O4S. The van der Waals surface area contributed by atoms with Crippen molar-refractivity contribution in [3.63, 3.8) is 0 Å². The number of rotatable bonds is 8. The summed E-state index contributed by atoms with van der Waals surface area (Å²) >= 11 is 3.37. The number of nitrogens with zero attached hydrogens (tertiary/aromatic N) is 2. The van der Waals surface area contributed by atoms with Crippen LogP contribution in [-0.2, 0) is 26.2 Å². The minimum atomic E-state index is -3.71. The zero-order valence-corrected chi connectivity index (χ0v) is 19.8. The molecule has 0 saturated carbocycles. The summed E-state index contributed by atoms with van der Waals surface area (Å²) < 4.78 is 26.8. The summed E-state index contributed by atoms with van der Waals surface area (Å²) in [4.78, 5) is 26.9. The van der Waals surface area contributed by atoms with Gasteiger partial charge in [0.05, 0.1) is 11.9 Å². The number of amides is 2. The molecule has 9 heteroatoms. The molecule has 0 unspecified atom stereocenters. The Kier molecular flexibility index (Phi) is 8.03. The van der Waals surface area contributed by atoms with Crippen LogP contribution in [0, 0.1) is 6.92 Å². The molecule has 30 heavy (non-hydrogen) atoms. The first kappa shape index (κ1) is 23.9. The maximum Gasteiger partial charge on any atom is 0.244 e. The maximum absolute atomic E-state index is 13.2. The standard InChI is InChI=1S/C21H26BrN3O4S/c1-15-6-5-7-19(12-15)25(30(4,28)29)14-20(26)24(16(2)21(27)23-3)13-17-8-10-18(22)11-9-17/h5-12,16H,13-14H2,1-4H3,(H,23,27)/t16-/m1/s1. The van der Waals surface area contributed by atoms with E-state index in [1.807, 2.05) is 37.3 Å². The van der Waals surface area contributed by atoms with E-state index in [9.17, 15) is 18.0 Å². The molecule has 0 spiro atoms. The number of sulfonamides is 1. The molecule has 0 heterocycles. The number of benzene rings is 2. The molecule has 0 radical (unpaired) electrons. The van der Waals surface area contributed by atoms with Gasteiger partial charge in [0.2, 0.25) is 21.8 Å². The molecule has 1 N–H and O–H groups in total. The average Bonchev–Trinajstić information content (AvgIpc) is 2.69. The van der Waals surface area contributed by atoms with Gasteiger partial charge in [-0.1, -0.05) is 40.2 Å². The van der Waals surface area contributed by atoms with Crippen LogP contribution in [0.1, 0.15) is 18.1 Å². The lowest BCUT2D eigenvalue weighted by Gasteiger charge is -2.31. The second-order valence-electron chi connectivity index (χ2n) is 7.05. The summed E-state index contributed by atoms with van der Waals surface area (Å²) in [7, 11) is -2.22. The fraction of sp³-hybridized carbons (Fsp3) is 0.333. The van der Waals surface area contributed by atoms with E-state index < -0.39 is 28.5 Å². The normalized spacial score (nSPS) is 12.2. The molecule has 0 aliphatic heterocycles. The summed E-state index contributed by atoms with van der Waals surface area (Å²) in [5.74, 6) is -0.803. The van der Waals surface area contributed by atoms with Crippen LogP contribution >= 0.6 is 15.9 Å². The van der Waals surface area contributed by atoms with Gasteiger partial charge in [-0.05, 0) is 49.2 Å². The minimum absolute atomic E-state index is 0.173. The lowest BCUT2D eigenvalue weighted by molar-refractivity contribution is -0.139. The van der Waals surface area contributed by atoms with Crippen LogP contribution in [0.25, 0.3) is 0 Å². The van der Waals surface area contributed by atoms with Gasteiger partial charge in [0.25, 0.3) is 0 Å². The smallest absolute Gasteiger partial charge is 0.244 e. The molecule has 2 rings (SSSR count). The fourth-order valence-electron chi connectivity index (χ4n) is 2.97. The number of anilines is 1. The van der Waals surface area contributed by atoms with Crippen LogP contribution < -0.4 is 9.62 Å². The van der Waals surface area contributed by atoms with Gasteiger partial charge >= 0.3 is 0 Å². The number of hydrogen-bond donors (Lipinski definition) is 1. The van der Waals surface area contributed by atoms with E-state index in [2.05, 4.69) is 21.2 Å². The zero-order valence-electron chi connectivity index (χ0n) is 17.4. The van der Waals surface area contributed by atoms with Gasteiger partial charge < -0.3 is 10.2 Å². The van der Waals surface area contributed by atoms with Crippen LogP contribution in [0.2, 0.25) is 0 Å². The van der Waals surface area contributed by atoms with Gasteiger partial charge in [-0.3, -0.25) is 13.9 Å². The van der Waals surface area contributed by atoms with Gasteiger partial charge in [0.1, 0.15) is 12.6 Å². The topological polar surface area (TPSA) is 86.8 Å². The Hall–Kier alpha value is -2.39. The third-order valence-corrected chi connectivity index (χ3v) is 6.32. The Balaban J connectivity index is 2.36. The summed E-state index contributed by atoms with van der Waals surface area (Å²) in [5, 5.41) is 2.55. The first-order valence-electron chi connectivity index (χ1n) is 9.33. The Morgan fingerprint density at radius 1 is 1.13 bits per heavy atom. The van der Waals surface area contributed by atoms with Crippen molar-refractivity contribution < 1.29 is 18.0 Å². The lowest BCUT2D eigenvalue weighted by atomic mass is 10.1. The molecule has 0 fully saturated rings. The highest BCUT2D eigenvalue weighted by Crippen LogP contribution is 2.20. The highest BCUT2D eigenvalue weighted by atomic mass is 79.9. The molecule has 2 aromatic carbocycles. The van der Waals surface area contributed by atoms with E-state index in [0.717, 1.165) is 26.2 Å². The number of aryl methyl sites for hydroxylation is 1. The van der Waals surface area contributed by atoms with Gasteiger partial charge in [0, 0.05) is 18.1 Å². The van der Waals surface area contributed by atoms with Gasteiger partial charge in [0.15, 0.2) is 0 Å². The van der Waals surface area contributed by atoms with E-state index in [1.165, 1.54) is 11.9 Å². The van der Waals surface area contributed by atoms with E-state index in [0.29, 0.717) is 5.69 Å². The van der Waals surface area contributed by atoms with Crippen LogP contribution in [0.4, 0.5) is 5.69 Å². The second kappa shape index (κ2) is 10.1. The molecule has 2 aromatic rings. The molecule has 162 valence electrons.